The van der Waals surface area contributed by atoms with Crippen LogP contribution in [0.5, 0.6) is 0 Å². The van der Waals surface area contributed by atoms with Crippen LogP contribution in [0.2, 0.25) is 0 Å². The van der Waals surface area contributed by atoms with Crippen LogP contribution >= 0.6 is 15.6 Å². The van der Waals surface area contributed by atoms with Gasteiger partial charge < -0.3 is 33.8 Å². The van der Waals surface area contributed by atoms with E-state index in [0.29, 0.717) is 25.7 Å². The van der Waals surface area contributed by atoms with Gasteiger partial charge in [0, 0.05) is 25.7 Å². The standard InChI is InChI=1S/C75H146O17P2/c1-6-10-13-16-19-22-25-28-30-33-39-44-49-54-59-73(78)86-65-71(92-75(80)61-56-51-46-41-36-35-37-42-47-52-57-68(5)9-4)67-90-94(83,84)88-63-69(76)62-87-93(81,82)89-66-70(64-85-72(77)58-53-48-43-38-32-27-24-21-18-15-12-8-3)91-74(79)60-55-50-45-40-34-31-29-26-23-20-17-14-11-7-2/h68-71,76H,6-67H2,1-5H3,(H,81,82)(H,83,84)/t68?,69-,70+,71+/m0/s1. The molecule has 0 aliphatic rings. The molecule has 6 atom stereocenters. The first kappa shape index (κ1) is 92.1. The monoisotopic (exact) mass is 1380 g/mol. The topological polar surface area (TPSA) is 237 Å². The minimum atomic E-state index is -4.96. The zero-order valence-corrected chi connectivity index (χ0v) is 62.9. The third-order valence-electron chi connectivity index (χ3n) is 17.9. The van der Waals surface area contributed by atoms with E-state index in [9.17, 15) is 43.2 Å². The Balaban J connectivity index is 5.27. The van der Waals surface area contributed by atoms with Gasteiger partial charge in [-0.25, -0.2) is 9.13 Å². The van der Waals surface area contributed by atoms with Crippen molar-refractivity contribution in [3.63, 3.8) is 0 Å². The average Bonchev–Trinajstić information content (AvgIpc) is 1.20. The van der Waals surface area contributed by atoms with Gasteiger partial charge in [-0.15, -0.1) is 0 Å². The Labute approximate surface area is 575 Å². The molecule has 0 rings (SSSR count). The van der Waals surface area contributed by atoms with Gasteiger partial charge in [0.25, 0.3) is 0 Å². The fourth-order valence-electron chi connectivity index (χ4n) is 11.5. The molecule has 17 nitrogen and oxygen atoms in total. The lowest BCUT2D eigenvalue weighted by molar-refractivity contribution is -0.161. The highest BCUT2D eigenvalue weighted by molar-refractivity contribution is 7.47. The van der Waals surface area contributed by atoms with Gasteiger partial charge in [-0.05, 0) is 31.6 Å². The molecule has 0 saturated carbocycles. The summed E-state index contributed by atoms with van der Waals surface area (Å²) in [5, 5.41) is 10.6. The predicted molar refractivity (Wildman–Crippen MR) is 382 cm³/mol. The molecule has 0 saturated heterocycles. The summed E-state index contributed by atoms with van der Waals surface area (Å²) in [5.74, 6) is -1.31. The molecule has 0 aromatic heterocycles. The van der Waals surface area contributed by atoms with Crippen molar-refractivity contribution in [3.05, 3.63) is 0 Å². The molecule has 0 radical (unpaired) electrons. The molecule has 0 aromatic carbocycles. The number of ether oxygens (including phenoxy) is 4. The Bertz CT molecular complexity index is 1810. The first-order valence-electron chi connectivity index (χ1n) is 39.2. The molecule has 0 aliphatic carbocycles. The van der Waals surface area contributed by atoms with Crippen LogP contribution in [0, 0.1) is 5.92 Å². The number of carbonyl (C=O) groups is 4. The molecule has 0 bridgehead atoms. The molecular formula is C75H146O17P2. The van der Waals surface area contributed by atoms with E-state index in [0.717, 1.165) is 95.8 Å². The number of aliphatic hydroxyl groups is 1. The lowest BCUT2D eigenvalue weighted by Crippen LogP contribution is -2.30. The average molecular weight is 1380 g/mol. The highest BCUT2D eigenvalue weighted by Gasteiger charge is 2.30. The lowest BCUT2D eigenvalue weighted by atomic mass is 9.99. The van der Waals surface area contributed by atoms with E-state index in [1.807, 2.05) is 0 Å². The van der Waals surface area contributed by atoms with Crippen molar-refractivity contribution in [2.75, 3.05) is 39.6 Å². The van der Waals surface area contributed by atoms with Crippen LogP contribution in [-0.2, 0) is 65.4 Å². The summed E-state index contributed by atoms with van der Waals surface area (Å²) in [4.78, 5) is 72.8. The molecule has 19 heteroatoms. The van der Waals surface area contributed by atoms with Crippen molar-refractivity contribution in [1.82, 2.24) is 0 Å². The summed E-state index contributed by atoms with van der Waals surface area (Å²) in [7, 11) is -9.91. The van der Waals surface area contributed by atoms with Crippen LogP contribution in [0.1, 0.15) is 394 Å². The molecule has 0 amide bonds. The third-order valence-corrected chi connectivity index (χ3v) is 19.8. The van der Waals surface area contributed by atoms with Crippen LogP contribution in [0.3, 0.4) is 0 Å². The molecule has 94 heavy (non-hydrogen) atoms. The number of hydrogen-bond donors (Lipinski definition) is 3. The number of carbonyl (C=O) groups excluding carboxylic acids is 4. The SMILES string of the molecule is CCCCCCCCCCCCCCCCC(=O)OC[C@H](COP(=O)(O)OC[C@@H](O)COP(=O)(O)OC[C@@H](COC(=O)CCCCCCCCCCCCCC)OC(=O)CCCCCCCCCCCCCCCC)OC(=O)CCCCCCCCCCCCC(C)CC. The van der Waals surface area contributed by atoms with Crippen LogP contribution in [0.4, 0.5) is 0 Å². The van der Waals surface area contributed by atoms with Crippen LogP contribution in [-0.4, -0.2) is 96.7 Å². The van der Waals surface area contributed by atoms with Crippen molar-refractivity contribution >= 4 is 39.5 Å². The van der Waals surface area contributed by atoms with Gasteiger partial charge in [-0.3, -0.25) is 37.3 Å². The number of phosphoric ester groups is 2. The Morgan fingerprint density at radius 1 is 0.298 bits per heavy atom. The van der Waals surface area contributed by atoms with Gasteiger partial charge in [-0.1, -0.05) is 343 Å². The fourth-order valence-corrected chi connectivity index (χ4v) is 13.1. The maximum absolute atomic E-state index is 13.1. The van der Waals surface area contributed by atoms with E-state index in [1.54, 1.807) is 0 Å². The Morgan fingerprint density at radius 2 is 0.511 bits per heavy atom. The molecule has 558 valence electrons. The highest BCUT2D eigenvalue weighted by atomic mass is 31.2. The highest BCUT2D eigenvalue weighted by Crippen LogP contribution is 2.45. The quantitative estimate of drug-likeness (QED) is 0.0222. The zero-order chi connectivity index (χ0) is 69.1. The Kier molecular flexibility index (Phi) is 66.8. The van der Waals surface area contributed by atoms with Crippen molar-refractivity contribution in [2.24, 2.45) is 5.92 Å². The summed E-state index contributed by atoms with van der Waals surface area (Å²) in [5.41, 5.74) is 0. The van der Waals surface area contributed by atoms with Gasteiger partial charge in [0.2, 0.25) is 0 Å². The summed E-state index contributed by atoms with van der Waals surface area (Å²) >= 11 is 0. The van der Waals surface area contributed by atoms with Gasteiger partial charge in [0.1, 0.15) is 19.3 Å². The number of phosphoric acid groups is 2. The van der Waals surface area contributed by atoms with E-state index in [4.69, 9.17) is 37.0 Å². The number of aliphatic hydroxyl groups excluding tert-OH is 1. The van der Waals surface area contributed by atoms with E-state index >= 15 is 0 Å². The number of rotatable bonds is 75. The summed E-state index contributed by atoms with van der Waals surface area (Å²) < 4.78 is 68.5. The molecule has 3 N–H and O–H groups in total. The van der Waals surface area contributed by atoms with Crippen molar-refractivity contribution in [1.29, 1.82) is 0 Å². The van der Waals surface area contributed by atoms with E-state index in [-0.39, 0.29) is 25.7 Å². The molecule has 0 fully saturated rings. The van der Waals surface area contributed by atoms with E-state index in [1.165, 1.54) is 218 Å². The molecule has 0 spiro atoms. The Hall–Kier alpha value is -1.94. The van der Waals surface area contributed by atoms with Crippen molar-refractivity contribution in [3.8, 4) is 0 Å². The predicted octanol–water partition coefficient (Wildman–Crippen LogP) is 22.1. The van der Waals surface area contributed by atoms with Crippen LogP contribution < -0.4 is 0 Å². The fraction of sp³-hybridized carbons (Fsp3) is 0.947. The van der Waals surface area contributed by atoms with E-state index in [2.05, 4.69) is 34.6 Å². The largest absolute Gasteiger partial charge is 0.472 e. The smallest absolute Gasteiger partial charge is 0.462 e. The third kappa shape index (κ3) is 67.3. The molecular weight excluding hydrogens is 1230 g/mol. The second-order valence-electron chi connectivity index (χ2n) is 27.3. The van der Waals surface area contributed by atoms with Crippen molar-refractivity contribution in [2.45, 2.75) is 412 Å². The lowest BCUT2D eigenvalue weighted by Gasteiger charge is -2.21. The summed E-state index contributed by atoms with van der Waals surface area (Å²) in [6, 6.07) is 0. The van der Waals surface area contributed by atoms with Crippen LogP contribution in [0.25, 0.3) is 0 Å². The summed E-state index contributed by atoms with van der Waals surface area (Å²) in [6.45, 7) is 7.32. The normalized spacial score (nSPS) is 14.3. The Morgan fingerprint density at radius 3 is 0.755 bits per heavy atom. The maximum Gasteiger partial charge on any atom is 0.472 e. The second kappa shape index (κ2) is 68.2. The second-order valence-corrected chi connectivity index (χ2v) is 30.2. The molecule has 3 unspecified atom stereocenters. The van der Waals surface area contributed by atoms with Gasteiger partial charge in [-0.2, -0.15) is 0 Å². The number of hydrogen-bond acceptors (Lipinski definition) is 15. The number of unbranched alkanes of at least 4 members (excludes halogenated alkanes) is 46. The van der Waals surface area contributed by atoms with Gasteiger partial charge >= 0.3 is 39.5 Å². The first-order chi connectivity index (χ1) is 45.6. The minimum Gasteiger partial charge on any atom is -0.462 e. The zero-order valence-electron chi connectivity index (χ0n) is 61.1. The van der Waals surface area contributed by atoms with E-state index < -0.39 is 97.5 Å². The molecule has 0 heterocycles. The molecule has 0 aromatic rings. The molecule has 0 aliphatic heterocycles. The first-order valence-corrected chi connectivity index (χ1v) is 42.2. The van der Waals surface area contributed by atoms with Crippen LogP contribution in [0.15, 0.2) is 0 Å². The van der Waals surface area contributed by atoms with Crippen molar-refractivity contribution < 1.29 is 80.2 Å². The maximum atomic E-state index is 13.1. The number of esters is 4. The minimum absolute atomic E-state index is 0.107. The summed E-state index contributed by atoms with van der Waals surface area (Å²) in [6.07, 6.45) is 56.5. The van der Waals surface area contributed by atoms with Gasteiger partial charge in [0.15, 0.2) is 12.2 Å². The van der Waals surface area contributed by atoms with Gasteiger partial charge in [0.05, 0.1) is 26.4 Å².